The van der Waals surface area contributed by atoms with Crippen molar-refractivity contribution < 1.29 is 9.47 Å². The van der Waals surface area contributed by atoms with E-state index < -0.39 is 0 Å². The maximum Gasteiger partial charge on any atom is 0.122 e. The molecule has 0 saturated heterocycles. The van der Waals surface area contributed by atoms with E-state index in [4.69, 9.17) is 26.8 Å². The second-order valence-corrected chi connectivity index (χ2v) is 5.59. The average molecular weight is 272 g/mol. The van der Waals surface area contributed by atoms with Crippen molar-refractivity contribution in [2.75, 3.05) is 19.8 Å². The van der Waals surface area contributed by atoms with E-state index in [9.17, 15) is 0 Å². The average Bonchev–Trinajstić information content (AvgIpc) is 2.24. The summed E-state index contributed by atoms with van der Waals surface area (Å²) in [7, 11) is 0. The fraction of sp³-hybridized carbons (Fsp3) is 0.571. The Morgan fingerprint density at radius 3 is 2.61 bits per heavy atom. The van der Waals surface area contributed by atoms with Gasteiger partial charge in [0.2, 0.25) is 0 Å². The first-order valence-electron chi connectivity index (χ1n) is 6.14. The van der Waals surface area contributed by atoms with Gasteiger partial charge in [0.15, 0.2) is 0 Å². The maximum atomic E-state index is 5.87. The highest BCUT2D eigenvalue weighted by Gasteiger charge is 2.09. The van der Waals surface area contributed by atoms with Crippen molar-refractivity contribution in [2.45, 2.75) is 32.7 Å². The monoisotopic (exact) mass is 271 g/mol. The summed E-state index contributed by atoms with van der Waals surface area (Å²) >= 11 is 5.87. The van der Waals surface area contributed by atoms with Crippen LogP contribution in [0.4, 0.5) is 0 Å². The van der Waals surface area contributed by atoms with Crippen LogP contribution in [0.5, 0.6) is 5.75 Å². The molecule has 3 nitrogen and oxygen atoms in total. The first-order valence-corrected chi connectivity index (χ1v) is 6.52. The molecule has 1 aromatic rings. The summed E-state index contributed by atoms with van der Waals surface area (Å²) in [6.07, 6.45) is 0.845. The molecule has 4 heteroatoms. The maximum absolute atomic E-state index is 5.87. The van der Waals surface area contributed by atoms with Crippen LogP contribution < -0.4 is 10.5 Å². The van der Waals surface area contributed by atoms with Crippen LogP contribution in [0.15, 0.2) is 18.2 Å². The van der Waals surface area contributed by atoms with Crippen LogP contribution in [0.3, 0.4) is 0 Å². The number of nitrogens with two attached hydrogens (primary N) is 1. The van der Waals surface area contributed by atoms with Gasteiger partial charge in [-0.05, 0) is 44.5 Å². The molecule has 0 spiro atoms. The van der Waals surface area contributed by atoms with Crippen LogP contribution in [0, 0.1) is 6.92 Å². The molecule has 0 fully saturated rings. The molecule has 102 valence electrons. The third-order valence-electron chi connectivity index (χ3n) is 2.30. The molecule has 0 heterocycles. The number of benzene rings is 1. The van der Waals surface area contributed by atoms with E-state index >= 15 is 0 Å². The third-order valence-corrected chi connectivity index (χ3v) is 2.54. The molecule has 0 saturated carbocycles. The molecule has 0 aliphatic heterocycles. The van der Waals surface area contributed by atoms with Crippen molar-refractivity contribution in [1.29, 1.82) is 0 Å². The minimum absolute atomic E-state index is 0.270. The predicted octanol–water partition coefficient (Wildman–Crippen LogP) is 3.17. The second kappa shape index (κ2) is 6.98. The molecule has 0 atom stereocenters. The standard InChI is InChI=1S/C14H22ClNO2/c1-11-9-12(15)5-6-13(11)18-8-4-7-17-10-14(2,3)16/h5-6,9H,4,7-8,10,16H2,1-3H3. The summed E-state index contributed by atoms with van der Waals surface area (Å²) < 4.78 is 11.1. The minimum atomic E-state index is -0.270. The summed E-state index contributed by atoms with van der Waals surface area (Å²) in [5.74, 6) is 0.874. The Bertz CT molecular complexity index is 375. The van der Waals surface area contributed by atoms with E-state index in [1.807, 2.05) is 39.0 Å². The Morgan fingerprint density at radius 1 is 1.28 bits per heavy atom. The van der Waals surface area contributed by atoms with E-state index in [0.717, 1.165) is 22.8 Å². The van der Waals surface area contributed by atoms with Gasteiger partial charge >= 0.3 is 0 Å². The molecule has 0 bridgehead atoms. The van der Waals surface area contributed by atoms with E-state index in [1.54, 1.807) is 0 Å². The number of hydrogen-bond acceptors (Lipinski definition) is 3. The van der Waals surface area contributed by atoms with E-state index in [-0.39, 0.29) is 5.54 Å². The third kappa shape index (κ3) is 6.24. The van der Waals surface area contributed by atoms with Gasteiger partial charge in [0, 0.05) is 23.6 Å². The van der Waals surface area contributed by atoms with Crippen molar-refractivity contribution in [2.24, 2.45) is 5.73 Å². The molecule has 0 aliphatic rings. The number of rotatable bonds is 7. The Hall–Kier alpha value is -0.770. The van der Waals surface area contributed by atoms with Gasteiger partial charge in [0.05, 0.1) is 13.2 Å². The zero-order valence-corrected chi connectivity index (χ0v) is 12.1. The summed E-state index contributed by atoms with van der Waals surface area (Å²) in [6, 6.07) is 5.61. The van der Waals surface area contributed by atoms with Crippen LogP contribution in [-0.2, 0) is 4.74 Å². The molecule has 1 rings (SSSR count). The highest BCUT2D eigenvalue weighted by molar-refractivity contribution is 6.30. The van der Waals surface area contributed by atoms with E-state index in [2.05, 4.69) is 0 Å². The highest BCUT2D eigenvalue weighted by Crippen LogP contribution is 2.21. The normalized spacial score (nSPS) is 11.6. The van der Waals surface area contributed by atoms with E-state index in [1.165, 1.54) is 0 Å². The van der Waals surface area contributed by atoms with Gasteiger partial charge in [0.1, 0.15) is 5.75 Å². The lowest BCUT2D eigenvalue weighted by atomic mass is 10.1. The molecule has 0 amide bonds. The molecule has 0 unspecified atom stereocenters. The van der Waals surface area contributed by atoms with Gasteiger partial charge in [-0.15, -0.1) is 0 Å². The van der Waals surface area contributed by atoms with Crippen LogP contribution in [0.2, 0.25) is 5.02 Å². The molecule has 1 aromatic carbocycles. The number of halogens is 1. The summed E-state index contributed by atoms with van der Waals surface area (Å²) in [5.41, 5.74) is 6.58. The van der Waals surface area contributed by atoms with Crippen molar-refractivity contribution in [3.05, 3.63) is 28.8 Å². The fourth-order valence-electron chi connectivity index (χ4n) is 1.45. The summed E-state index contributed by atoms with van der Waals surface area (Å²) in [4.78, 5) is 0. The summed E-state index contributed by atoms with van der Waals surface area (Å²) in [6.45, 7) is 7.73. The van der Waals surface area contributed by atoms with Crippen molar-refractivity contribution in [3.63, 3.8) is 0 Å². The first-order chi connectivity index (χ1) is 8.38. The molecular weight excluding hydrogens is 250 g/mol. The predicted molar refractivity (Wildman–Crippen MR) is 75.4 cm³/mol. The molecule has 0 radical (unpaired) electrons. The molecule has 18 heavy (non-hydrogen) atoms. The molecule has 2 N–H and O–H groups in total. The lowest BCUT2D eigenvalue weighted by Gasteiger charge is -2.18. The quantitative estimate of drug-likeness (QED) is 0.775. The largest absolute Gasteiger partial charge is 0.493 e. The van der Waals surface area contributed by atoms with Crippen LogP contribution >= 0.6 is 11.6 Å². The SMILES string of the molecule is Cc1cc(Cl)ccc1OCCCOCC(C)(C)N. The van der Waals surface area contributed by atoms with Gasteiger partial charge in [-0.1, -0.05) is 11.6 Å². The highest BCUT2D eigenvalue weighted by atomic mass is 35.5. The van der Waals surface area contributed by atoms with E-state index in [0.29, 0.717) is 19.8 Å². The first kappa shape index (κ1) is 15.3. The zero-order chi connectivity index (χ0) is 13.6. The fourth-order valence-corrected chi connectivity index (χ4v) is 1.68. The van der Waals surface area contributed by atoms with Crippen molar-refractivity contribution >= 4 is 11.6 Å². The number of aryl methyl sites for hydroxylation is 1. The Kier molecular flexibility index (Phi) is 5.93. The Labute approximate surface area is 114 Å². The zero-order valence-electron chi connectivity index (χ0n) is 11.3. The van der Waals surface area contributed by atoms with Crippen LogP contribution in [-0.4, -0.2) is 25.4 Å². The number of ether oxygens (including phenoxy) is 2. The second-order valence-electron chi connectivity index (χ2n) is 5.15. The lowest BCUT2D eigenvalue weighted by molar-refractivity contribution is 0.0870. The van der Waals surface area contributed by atoms with Gasteiger partial charge < -0.3 is 15.2 Å². The smallest absolute Gasteiger partial charge is 0.122 e. The van der Waals surface area contributed by atoms with Crippen LogP contribution in [0.1, 0.15) is 25.8 Å². The summed E-state index contributed by atoms with van der Waals surface area (Å²) in [5, 5.41) is 0.730. The minimum Gasteiger partial charge on any atom is -0.493 e. The number of hydrogen-bond donors (Lipinski definition) is 1. The van der Waals surface area contributed by atoms with Gasteiger partial charge in [0.25, 0.3) is 0 Å². The topological polar surface area (TPSA) is 44.5 Å². The Morgan fingerprint density at radius 2 is 2.00 bits per heavy atom. The van der Waals surface area contributed by atoms with Crippen molar-refractivity contribution in [1.82, 2.24) is 0 Å². The van der Waals surface area contributed by atoms with Crippen LogP contribution in [0.25, 0.3) is 0 Å². The van der Waals surface area contributed by atoms with Crippen molar-refractivity contribution in [3.8, 4) is 5.75 Å². The van der Waals surface area contributed by atoms with Gasteiger partial charge in [-0.3, -0.25) is 0 Å². The molecule has 0 aliphatic carbocycles. The molecule has 0 aromatic heterocycles. The van der Waals surface area contributed by atoms with Gasteiger partial charge in [-0.2, -0.15) is 0 Å². The molecular formula is C14H22ClNO2. The van der Waals surface area contributed by atoms with Gasteiger partial charge in [-0.25, -0.2) is 0 Å². The Balaban J connectivity index is 2.18. The lowest BCUT2D eigenvalue weighted by Crippen LogP contribution is -2.37.